The lowest BCUT2D eigenvalue weighted by atomic mass is 9.95. The van der Waals surface area contributed by atoms with Gasteiger partial charge in [-0.3, -0.25) is 9.59 Å². The third-order valence-corrected chi connectivity index (χ3v) is 2.48. The van der Waals surface area contributed by atoms with Crippen molar-refractivity contribution in [2.75, 3.05) is 6.54 Å². The summed E-state index contributed by atoms with van der Waals surface area (Å²) in [6.45, 7) is 0.620. The van der Waals surface area contributed by atoms with E-state index in [4.69, 9.17) is 0 Å². The third kappa shape index (κ3) is 1.05. The van der Waals surface area contributed by atoms with Gasteiger partial charge in [0.25, 0.3) is 0 Å². The van der Waals surface area contributed by atoms with Crippen LogP contribution in [0.4, 0.5) is 0 Å². The van der Waals surface area contributed by atoms with Gasteiger partial charge in [0.15, 0.2) is 5.78 Å². The molecule has 0 aliphatic carbocycles. The molecule has 3 nitrogen and oxygen atoms in total. The van der Waals surface area contributed by atoms with Crippen LogP contribution in [0.2, 0.25) is 0 Å². The molecule has 1 amide bonds. The van der Waals surface area contributed by atoms with Crippen molar-refractivity contribution in [3.8, 4) is 0 Å². The molecule has 1 atom stereocenters. The van der Waals surface area contributed by atoms with Crippen LogP contribution in [-0.2, 0) is 9.59 Å². The van der Waals surface area contributed by atoms with E-state index in [2.05, 4.69) is 0 Å². The maximum atomic E-state index is 11.3. The number of fused-ring (bicyclic) bond motifs is 1. The van der Waals surface area contributed by atoms with Gasteiger partial charge in [-0.25, -0.2) is 0 Å². The molecule has 0 N–H and O–H groups in total. The Labute approximate surface area is 71.0 Å². The van der Waals surface area contributed by atoms with Gasteiger partial charge in [0.05, 0.1) is 6.04 Å². The minimum Gasteiger partial charge on any atom is -0.329 e. The van der Waals surface area contributed by atoms with Crippen LogP contribution in [0.15, 0.2) is 12.2 Å². The minimum absolute atomic E-state index is 0.0919. The van der Waals surface area contributed by atoms with Gasteiger partial charge in [-0.05, 0) is 18.9 Å². The normalized spacial score (nSPS) is 29.0. The molecule has 1 saturated heterocycles. The summed E-state index contributed by atoms with van der Waals surface area (Å²) in [6.07, 6.45) is 5.67. The number of ketones is 1. The van der Waals surface area contributed by atoms with Gasteiger partial charge in [0.1, 0.15) is 0 Å². The van der Waals surface area contributed by atoms with Crippen LogP contribution in [0.5, 0.6) is 0 Å². The molecule has 2 heterocycles. The standard InChI is InChI=1S/C9H11NO2/c11-8-4-2-6-10-7(8)3-1-5-9(10)12/h2,4,7H,1,3,5-6H2. The Kier molecular flexibility index (Phi) is 1.71. The number of amides is 1. The molecule has 64 valence electrons. The van der Waals surface area contributed by atoms with Gasteiger partial charge < -0.3 is 4.90 Å². The predicted octanol–water partition coefficient (Wildman–Crippen LogP) is 0.506. The van der Waals surface area contributed by atoms with Crippen LogP contribution in [-0.4, -0.2) is 29.2 Å². The Balaban J connectivity index is 2.24. The van der Waals surface area contributed by atoms with Crippen molar-refractivity contribution in [2.45, 2.75) is 25.3 Å². The molecule has 0 aromatic rings. The summed E-state index contributed by atoms with van der Waals surface area (Å²) in [6, 6.07) is -0.142. The van der Waals surface area contributed by atoms with E-state index in [1.807, 2.05) is 0 Å². The lowest BCUT2D eigenvalue weighted by Crippen LogP contribution is -2.49. The average Bonchev–Trinajstić information content (AvgIpc) is 2.07. The quantitative estimate of drug-likeness (QED) is 0.524. The van der Waals surface area contributed by atoms with Crippen molar-refractivity contribution in [3.05, 3.63) is 12.2 Å². The second-order valence-corrected chi connectivity index (χ2v) is 3.26. The van der Waals surface area contributed by atoms with E-state index >= 15 is 0 Å². The Morgan fingerprint density at radius 2 is 2.25 bits per heavy atom. The summed E-state index contributed by atoms with van der Waals surface area (Å²) in [5, 5.41) is 0. The number of rotatable bonds is 0. The summed E-state index contributed by atoms with van der Waals surface area (Å²) >= 11 is 0. The Hall–Kier alpha value is -1.12. The summed E-state index contributed by atoms with van der Waals surface area (Å²) in [5.74, 6) is 0.221. The molecule has 0 bridgehead atoms. The number of carbonyl (C=O) groups excluding carboxylic acids is 2. The number of nitrogens with zero attached hydrogens (tertiary/aromatic N) is 1. The zero-order valence-corrected chi connectivity index (χ0v) is 6.82. The van der Waals surface area contributed by atoms with Gasteiger partial charge in [-0.2, -0.15) is 0 Å². The SMILES string of the molecule is O=C1C=CCN2C(=O)CCCC12. The highest BCUT2D eigenvalue weighted by Crippen LogP contribution is 2.21. The van der Waals surface area contributed by atoms with Crippen LogP contribution in [0.3, 0.4) is 0 Å². The summed E-state index contributed by atoms with van der Waals surface area (Å²) in [7, 11) is 0. The largest absolute Gasteiger partial charge is 0.329 e. The second-order valence-electron chi connectivity index (χ2n) is 3.26. The molecule has 0 saturated carbocycles. The number of hydrogen-bond donors (Lipinski definition) is 0. The second kappa shape index (κ2) is 2.73. The van der Waals surface area contributed by atoms with Crippen LogP contribution in [0, 0.1) is 0 Å². The van der Waals surface area contributed by atoms with Gasteiger partial charge in [0, 0.05) is 13.0 Å². The van der Waals surface area contributed by atoms with E-state index in [1.54, 1.807) is 17.1 Å². The Morgan fingerprint density at radius 1 is 1.42 bits per heavy atom. The highest BCUT2D eigenvalue weighted by Gasteiger charge is 2.32. The molecular weight excluding hydrogens is 154 g/mol. The van der Waals surface area contributed by atoms with Crippen LogP contribution in [0.25, 0.3) is 0 Å². The molecule has 2 aliphatic rings. The zero-order valence-electron chi connectivity index (χ0n) is 6.82. The number of carbonyl (C=O) groups is 2. The Morgan fingerprint density at radius 3 is 3.00 bits per heavy atom. The van der Waals surface area contributed by atoms with Gasteiger partial charge in [-0.1, -0.05) is 6.08 Å². The fourth-order valence-corrected chi connectivity index (χ4v) is 1.84. The highest BCUT2D eigenvalue weighted by molar-refractivity contribution is 5.98. The number of piperidine rings is 1. The molecule has 3 heteroatoms. The van der Waals surface area contributed by atoms with E-state index in [0.29, 0.717) is 13.0 Å². The van der Waals surface area contributed by atoms with E-state index in [1.165, 1.54) is 0 Å². The summed E-state index contributed by atoms with van der Waals surface area (Å²) < 4.78 is 0. The molecule has 2 aliphatic heterocycles. The first kappa shape index (κ1) is 7.53. The van der Waals surface area contributed by atoms with E-state index < -0.39 is 0 Å². The topological polar surface area (TPSA) is 37.4 Å². The number of hydrogen-bond acceptors (Lipinski definition) is 2. The lowest BCUT2D eigenvalue weighted by molar-refractivity contribution is -0.141. The van der Waals surface area contributed by atoms with E-state index in [0.717, 1.165) is 12.8 Å². The van der Waals surface area contributed by atoms with Crippen LogP contribution < -0.4 is 0 Å². The lowest BCUT2D eigenvalue weighted by Gasteiger charge is -2.35. The van der Waals surface area contributed by atoms with Crippen molar-refractivity contribution in [1.29, 1.82) is 0 Å². The van der Waals surface area contributed by atoms with Crippen molar-refractivity contribution in [2.24, 2.45) is 0 Å². The first-order valence-corrected chi connectivity index (χ1v) is 4.29. The Bertz CT molecular complexity index is 257. The molecule has 0 aromatic carbocycles. The van der Waals surface area contributed by atoms with Gasteiger partial charge in [-0.15, -0.1) is 0 Å². The molecule has 0 spiro atoms. The third-order valence-electron chi connectivity index (χ3n) is 2.48. The predicted molar refractivity (Wildman–Crippen MR) is 43.5 cm³/mol. The van der Waals surface area contributed by atoms with Gasteiger partial charge in [0.2, 0.25) is 5.91 Å². The first-order chi connectivity index (χ1) is 5.79. The maximum absolute atomic E-state index is 11.3. The summed E-state index contributed by atoms with van der Waals surface area (Å²) in [5.41, 5.74) is 0. The minimum atomic E-state index is -0.142. The highest BCUT2D eigenvalue weighted by atomic mass is 16.2. The first-order valence-electron chi connectivity index (χ1n) is 4.29. The molecule has 12 heavy (non-hydrogen) atoms. The van der Waals surface area contributed by atoms with E-state index in [9.17, 15) is 9.59 Å². The molecule has 0 aromatic heterocycles. The fraction of sp³-hybridized carbons (Fsp3) is 0.556. The van der Waals surface area contributed by atoms with Crippen LogP contribution in [0.1, 0.15) is 19.3 Å². The molecule has 1 unspecified atom stereocenters. The molecule has 1 fully saturated rings. The van der Waals surface area contributed by atoms with Crippen LogP contribution >= 0.6 is 0 Å². The van der Waals surface area contributed by atoms with Gasteiger partial charge >= 0.3 is 0 Å². The average molecular weight is 165 g/mol. The van der Waals surface area contributed by atoms with E-state index in [-0.39, 0.29) is 17.7 Å². The van der Waals surface area contributed by atoms with Crippen molar-refractivity contribution in [1.82, 2.24) is 4.90 Å². The fourth-order valence-electron chi connectivity index (χ4n) is 1.84. The molecule has 2 rings (SSSR count). The smallest absolute Gasteiger partial charge is 0.223 e. The molecular formula is C9H11NO2. The van der Waals surface area contributed by atoms with Crippen molar-refractivity contribution >= 4 is 11.7 Å². The van der Waals surface area contributed by atoms with Crippen molar-refractivity contribution < 1.29 is 9.59 Å². The molecule has 0 radical (unpaired) electrons. The van der Waals surface area contributed by atoms with Crippen molar-refractivity contribution in [3.63, 3.8) is 0 Å². The monoisotopic (exact) mass is 165 g/mol. The zero-order chi connectivity index (χ0) is 8.55. The maximum Gasteiger partial charge on any atom is 0.223 e. The summed E-state index contributed by atoms with van der Waals surface area (Å²) in [4.78, 5) is 24.3.